The van der Waals surface area contributed by atoms with Gasteiger partial charge in [-0.3, -0.25) is 0 Å². The summed E-state index contributed by atoms with van der Waals surface area (Å²) >= 11 is 0. The smallest absolute Gasteiger partial charge is 0.135 e. The zero-order valence-corrected chi connectivity index (χ0v) is 12.1. The first-order chi connectivity index (χ1) is 9.30. The van der Waals surface area contributed by atoms with Crippen molar-refractivity contribution < 1.29 is 4.74 Å². The Kier molecular flexibility index (Phi) is 4.96. The molecule has 2 rings (SSSR count). The van der Waals surface area contributed by atoms with Crippen LogP contribution in [0.1, 0.15) is 38.2 Å². The van der Waals surface area contributed by atoms with Crippen molar-refractivity contribution in [2.75, 3.05) is 24.8 Å². The van der Waals surface area contributed by atoms with Crippen LogP contribution in [0.15, 0.2) is 6.33 Å². The topological polar surface area (TPSA) is 59.1 Å². The van der Waals surface area contributed by atoms with Gasteiger partial charge in [0.2, 0.25) is 0 Å². The van der Waals surface area contributed by atoms with Gasteiger partial charge in [-0.1, -0.05) is 13.3 Å². The number of hydrogen-bond acceptors (Lipinski definition) is 5. The molecule has 0 radical (unpaired) electrons. The molecule has 0 bridgehead atoms. The largest absolute Gasteiger partial charge is 0.379 e. The molecule has 1 fully saturated rings. The molecule has 1 saturated carbocycles. The van der Waals surface area contributed by atoms with Gasteiger partial charge in [-0.05, 0) is 25.7 Å². The Morgan fingerprint density at radius 3 is 2.79 bits per heavy atom. The number of rotatable bonds is 6. The van der Waals surface area contributed by atoms with E-state index in [9.17, 15) is 0 Å². The van der Waals surface area contributed by atoms with Crippen LogP contribution >= 0.6 is 0 Å². The molecule has 2 N–H and O–H groups in total. The Balaban J connectivity index is 2.19. The SMILES string of the molecule is CCCc1c(NC)ncnc1NC1CCCC1OC. The Morgan fingerprint density at radius 1 is 1.32 bits per heavy atom. The van der Waals surface area contributed by atoms with E-state index in [4.69, 9.17) is 4.74 Å². The van der Waals surface area contributed by atoms with Crippen LogP contribution in [0.4, 0.5) is 11.6 Å². The number of aromatic nitrogens is 2. The van der Waals surface area contributed by atoms with Gasteiger partial charge in [-0.25, -0.2) is 9.97 Å². The summed E-state index contributed by atoms with van der Waals surface area (Å²) in [5.41, 5.74) is 1.18. The van der Waals surface area contributed by atoms with Gasteiger partial charge in [-0.2, -0.15) is 0 Å². The van der Waals surface area contributed by atoms with E-state index in [0.717, 1.165) is 37.3 Å². The molecule has 2 unspecified atom stereocenters. The number of methoxy groups -OCH3 is 1. The van der Waals surface area contributed by atoms with Crippen molar-refractivity contribution in [1.82, 2.24) is 9.97 Å². The number of anilines is 2. The van der Waals surface area contributed by atoms with Gasteiger partial charge in [0.25, 0.3) is 0 Å². The van der Waals surface area contributed by atoms with Crippen LogP contribution in [0.3, 0.4) is 0 Å². The highest BCUT2D eigenvalue weighted by Gasteiger charge is 2.28. The van der Waals surface area contributed by atoms with Crippen LogP contribution < -0.4 is 10.6 Å². The van der Waals surface area contributed by atoms with Gasteiger partial charge >= 0.3 is 0 Å². The fraction of sp³-hybridized carbons (Fsp3) is 0.714. The first-order valence-corrected chi connectivity index (χ1v) is 7.11. The third kappa shape index (κ3) is 3.15. The Bertz CT molecular complexity index is 410. The molecule has 5 heteroatoms. The van der Waals surface area contributed by atoms with Gasteiger partial charge in [0.1, 0.15) is 18.0 Å². The summed E-state index contributed by atoms with van der Waals surface area (Å²) in [6.45, 7) is 2.17. The minimum Gasteiger partial charge on any atom is -0.379 e. The molecule has 0 aromatic carbocycles. The highest BCUT2D eigenvalue weighted by molar-refractivity contribution is 5.57. The molecule has 1 aromatic rings. The Hall–Kier alpha value is -1.36. The van der Waals surface area contributed by atoms with Gasteiger partial charge in [0, 0.05) is 19.7 Å². The average molecular weight is 264 g/mol. The number of nitrogens with one attached hydrogen (secondary N) is 2. The van der Waals surface area contributed by atoms with Gasteiger partial charge < -0.3 is 15.4 Å². The van der Waals surface area contributed by atoms with Gasteiger partial charge in [0.05, 0.1) is 12.1 Å². The van der Waals surface area contributed by atoms with E-state index in [2.05, 4.69) is 27.5 Å². The summed E-state index contributed by atoms with van der Waals surface area (Å²) in [4.78, 5) is 8.72. The second kappa shape index (κ2) is 6.70. The van der Waals surface area contributed by atoms with E-state index < -0.39 is 0 Å². The third-order valence-corrected chi connectivity index (χ3v) is 3.76. The molecule has 1 aliphatic rings. The van der Waals surface area contributed by atoms with Crippen LogP contribution in [0.25, 0.3) is 0 Å². The van der Waals surface area contributed by atoms with Crippen LogP contribution in [0.2, 0.25) is 0 Å². The monoisotopic (exact) mass is 264 g/mol. The molecule has 0 spiro atoms. The normalized spacial score (nSPS) is 22.5. The highest BCUT2D eigenvalue weighted by Crippen LogP contribution is 2.28. The lowest BCUT2D eigenvalue weighted by Gasteiger charge is -2.22. The standard InChI is InChI=1S/C14H24N4O/c1-4-6-10-13(15-2)16-9-17-14(10)18-11-7-5-8-12(11)19-3/h9,11-12H,4-8H2,1-3H3,(H2,15,16,17,18). The lowest BCUT2D eigenvalue weighted by Crippen LogP contribution is -2.30. The van der Waals surface area contributed by atoms with Gasteiger partial charge in [-0.15, -0.1) is 0 Å². The highest BCUT2D eigenvalue weighted by atomic mass is 16.5. The molecule has 106 valence electrons. The molecule has 5 nitrogen and oxygen atoms in total. The molecular formula is C14H24N4O. The van der Waals surface area contributed by atoms with E-state index in [1.807, 2.05) is 7.05 Å². The number of nitrogens with zero attached hydrogens (tertiary/aromatic N) is 2. The number of hydrogen-bond donors (Lipinski definition) is 2. The van der Waals surface area contributed by atoms with Crippen LogP contribution in [-0.2, 0) is 11.2 Å². The van der Waals surface area contributed by atoms with Crippen molar-refractivity contribution in [2.45, 2.75) is 51.2 Å². The van der Waals surface area contributed by atoms with Gasteiger partial charge in [0.15, 0.2) is 0 Å². The van der Waals surface area contributed by atoms with Crippen LogP contribution in [0.5, 0.6) is 0 Å². The quantitative estimate of drug-likeness (QED) is 0.826. The molecule has 0 saturated heterocycles. The molecule has 1 aromatic heterocycles. The van der Waals surface area contributed by atoms with E-state index in [-0.39, 0.29) is 0 Å². The summed E-state index contributed by atoms with van der Waals surface area (Å²) < 4.78 is 5.53. The summed E-state index contributed by atoms with van der Waals surface area (Å²) in [7, 11) is 3.69. The Morgan fingerprint density at radius 2 is 2.11 bits per heavy atom. The first kappa shape index (κ1) is 14.1. The molecule has 1 heterocycles. The summed E-state index contributed by atoms with van der Waals surface area (Å²) in [5, 5.41) is 6.70. The maximum atomic E-state index is 5.53. The van der Waals surface area contributed by atoms with Crippen molar-refractivity contribution in [3.05, 3.63) is 11.9 Å². The van der Waals surface area contributed by atoms with Crippen molar-refractivity contribution in [2.24, 2.45) is 0 Å². The third-order valence-electron chi connectivity index (χ3n) is 3.76. The second-order valence-corrected chi connectivity index (χ2v) is 5.01. The molecule has 1 aliphatic carbocycles. The van der Waals surface area contributed by atoms with Crippen molar-refractivity contribution >= 4 is 11.6 Å². The maximum Gasteiger partial charge on any atom is 0.135 e. The Labute approximate surface area is 115 Å². The van der Waals surface area contributed by atoms with Crippen molar-refractivity contribution in [3.63, 3.8) is 0 Å². The molecule has 0 amide bonds. The minimum atomic E-state index is 0.294. The molecule has 0 aliphatic heterocycles. The van der Waals surface area contributed by atoms with Crippen molar-refractivity contribution in [1.29, 1.82) is 0 Å². The van der Waals surface area contributed by atoms with E-state index in [1.165, 1.54) is 12.0 Å². The van der Waals surface area contributed by atoms with Crippen LogP contribution in [-0.4, -0.2) is 36.3 Å². The predicted octanol–water partition coefficient (Wildman–Crippen LogP) is 2.45. The second-order valence-electron chi connectivity index (χ2n) is 5.01. The fourth-order valence-corrected chi connectivity index (χ4v) is 2.79. The fourth-order valence-electron chi connectivity index (χ4n) is 2.79. The van der Waals surface area contributed by atoms with Crippen molar-refractivity contribution in [3.8, 4) is 0 Å². The molecule has 19 heavy (non-hydrogen) atoms. The summed E-state index contributed by atoms with van der Waals surface area (Å²) in [6, 6.07) is 0.361. The average Bonchev–Trinajstić information content (AvgIpc) is 2.88. The lowest BCUT2D eigenvalue weighted by molar-refractivity contribution is 0.101. The summed E-state index contributed by atoms with van der Waals surface area (Å²) in [6.07, 6.45) is 7.44. The first-order valence-electron chi connectivity index (χ1n) is 7.11. The zero-order chi connectivity index (χ0) is 13.7. The molecular weight excluding hydrogens is 240 g/mol. The van der Waals surface area contributed by atoms with E-state index >= 15 is 0 Å². The predicted molar refractivity (Wildman–Crippen MR) is 77.6 cm³/mol. The molecule has 2 atom stereocenters. The summed E-state index contributed by atoms with van der Waals surface area (Å²) in [5.74, 6) is 1.88. The lowest BCUT2D eigenvalue weighted by atomic mass is 10.1. The van der Waals surface area contributed by atoms with E-state index in [1.54, 1.807) is 13.4 Å². The minimum absolute atomic E-state index is 0.294. The number of ether oxygens (including phenoxy) is 1. The van der Waals surface area contributed by atoms with Crippen LogP contribution in [0, 0.1) is 0 Å². The maximum absolute atomic E-state index is 5.53. The zero-order valence-electron chi connectivity index (χ0n) is 12.1. The van der Waals surface area contributed by atoms with E-state index in [0.29, 0.717) is 12.1 Å².